The lowest BCUT2D eigenvalue weighted by molar-refractivity contribution is 0.504. The molecule has 0 atom stereocenters. The Bertz CT molecular complexity index is 478. The van der Waals surface area contributed by atoms with E-state index in [0.717, 1.165) is 30.6 Å². The van der Waals surface area contributed by atoms with Crippen LogP contribution in [0, 0.1) is 0 Å². The van der Waals surface area contributed by atoms with Crippen molar-refractivity contribution in [1.82, 2.24) is 25.4 Å². The lowest BCUT2D eigenvalue weighted by Gasteiger charge is -2.18. The zero-order valence-corrected chi connectivity index (χ0v) is 15.0. The molecule has 0 radical (unpaired) electrons. The first-order valence-electron chi connectivity index (χ1n) is 7.75. The Labute approximate surface area is 143 Å². The summed E-state index contributed by atoms with van der Waals surface area (Å²) in [6.07, 6.45) is 8.67. The third kappa shape index (κ3) is 4.08. The van der Waals surface area contributed by atoms with Gasteiger partial charge >= 0.3 is 0 Å². The molecule has 1 aliphatic heterocycles. The fourth-order valence-electron chi connectivity index (χ4n) is 3.12. The fraction of sp³-hybridized carbons (Fsp3) is 0.786. The van der Waals surface area contributed by atoms with E-state index in [9.17, 15) is 0 Å². The highest BCUT2D eigenvalue weighted by molar-refractivity contribution is 14.0. The van der Waals surface area contributed by atoms with Gasteiger partial charge in [-0.3, -0.25) is 4.99 Å². The quantitative estimate of drug-likeness (QED) is 0.459. The second-order valence-corrected chi connectivity index (χ2v) is 5.69. The second-order valence-electron chi connectivity index (χ2n) is 5.69. The van der Waals surface area contributed by atoms with Crippen LogP contribution in [-0.2, 0) is 19.5 Å². The first kappa shape index (κ1) is 16.5. The minimum Gasteiger partial charge on any atom is -0.354 e. The first-order chi connectivity index (χ1) is 9.86. The van der Waals surface area contributed by atoms with Crippen molar-refractivity contribution in [2.75, 3.05) is 7.05 Å². The molecule has 6 nitrogen and oxygen atoms in total. The molecule has 0 saturated heterocycles. The summed E-state index contributed by atoms with van der Waals surface area (Å²) in [5.41, 5.74) is 0. The Morgan fingerprint density at radius 3 is 2.81 bits per heavy atom. The van der Waals surface area contributed by atoms with E-state index in [1.165, 1.54) is 38.5 Å². The van der Waals surface area contributed by atoms with Gasteiger partial charge in [-0.05, 0) is 25.7 Å². The van der Waals surface area contributed by atoms with Gasteiger partial charge in [0.25, 0.3) is 0 Å². The Morgan fingerprint density at radius 2 is 2.05 bits per heavy atom. The molecule has 2 heterocycles. The van der Waals surface area contributed by atoms with E-state index in [1.54, 1.807) is 0 Å². The van der Waals surface area contributed by atoms with Gasteiger partial charge in [0.1, 0.15) is 5.82 Å². The van der Waals surface area contributed by atoms with Crippen molar-refractivity contribution in [1.29, 1.82) is 0 Å². The van der Waals surface area contributed by atoms with E-state index in [4.69, 9.17) is 0 Å². The smallest absolute Gasteiger partial charge is 0.191 e. The standard InChI is InChI=1S/C14H24N6.HI/c1-15-14(17-11-6-2-3-7-11)16-10-13-19-18-12-8-4-5-9-20(12)13;/h11H,2-10H2,1H3,(H2,15,16,17);1H. The molecule has 1 aliphatic carbocycles. The number of nitrogens with zero attached hydrogens (tertiary/aromatic N) is 4. The molecule has 0 aromatic carbocycles. The molecule has 1 saturated carbocycles. The number of halogens is 1. The molecule has 0 amide bonds. The van der Waals surface area contributed by atoms with Gasteiger partial charge in [-0.2, -0.15) is 0 Å². The van der Waals surface area contributed by atoms with Crippen LogP contribution in [0.5, 0.6) is 0 Å². The van der Waals surface area contributed by atoms with Crippen LogP contribution in [-0.4, -0.2) is 33.8 Å². The summed E-state index contributed by atoms with van der Waals surface area (Å²) in [6, 6.07) is 0.577. The van der Waals surface area contributed by atoms with Crippen LogP contribution in [0.15, 0.2) is 4.99 Å². The number of aryl methyl sites for hydroxylation is 1. The summed E-state index contributed by atoms with van der Waals surface area (Å²) >= 11 is 0. The molecule has 0 unspecified atom stereocenters. The molecule has 1 fully saturated rings. The highest BCUT2D eigenvalue weighted by Gasteiger charge is 2.18. The summed E-state index contributed by atoms with van der Waals surface area (Å²) in [6.45, 7) is 1.74. The monoisotopic (exact) mass is 404 g/mol. The molecule has 7 heteroatoms. The average Bonchev–Trinajstić information content (AvgIpc) is 3.13. The molecule has 1 aromatic rings. The van der Waals surface area contributed by atoms with Crippen LogP contribution in [0.1, 0.15) is 50.2 Å². The van der Waals surface area contributed by atoms with Crippen LogP contribution < -0.4 is 10.6 Å². The molecule has 21 heavy (non-hydrogen) atoms. The van der Waals surface area contributed by atoms with E-state index < -0.39 is 0 Å². The van der Waals surface area contributed by atoms with Crippen LogP contribution in [0.25, 0.3) is 0 Å². The van der Waals surface area contributed by atoms with Crippen molar-refractivity contribution < 1.29 is 0 Å². The van der Waals surface area contributed by atoms with Crippen LogP contribution in [0.3, 0.4) is 0 Å². The highest BCUT2D eigenvalue weighted by Crippen LogP contribution is 2.17. The van der Waals surface area contributed by atoms with Crippen molar-refractivity contribution in [3.63, 3.8) is 0 Å². The van der Waals surface area contributed by atoms with Gasteiger partial charge in [0, 0.05) is 26.1 Å². The molecule has 0 spiro atoms. The van der Waals surface area contributed by atoms with Gasteiger partial charge < -0.3 is 15.2 Å². The summed E-state index contributed by atoms with van der Waals surface area (Å²) in [7, 11) is 1.82. The highest BCUT2D eigenvalue weighted by atomic mass is 127. The van der Waals surface area contributed by atoms with E-state index >= 15 is 0 Å². The number of rotatable bonds is 3. The fourth-order valence-corrected chi connectivity index (χ4v) is 3.12. The second kappa shape index (κ2) is 7.95. The Hall–Kier alpha value is -0.860. The largest absolute Gasteiger partial charge is 0.354 e. The van der Waals surface area contributed by atoms with E-state index in [2.05, 4.69) is 30.4 Å². The molecule has 0 bridgehead atoms. The molecule has 3 rings (SSSR count). The zero-order chi connectivity index (χ0) is 13.8. The summed E-state index contributed by atoms with van der Waals surface area (Å²) in [4.78, 5) is 4.30. The Balaban J connectivity index is 0.00000161. The maximum atomic E-state index is 4.30. The zero-order valence-electron chi connectivity index (χ0n) is 12.6. The summed E-state index contributed by atoms with van der Waals surface area (Å²) < 4.78 is 2.25. The van der Waals surface area contributed by atoms with Crippen molar-refractivity contribution >= 4 is 29.9 Å². The molecule has 2 N–H and O–H groups in total. The first-order valence-corrected chi connectivity index (χ1v) is 7.75. The lowest BCUT2D eigenvalue weighted by atomic mass is 10.2. The SMILES string of the molecule is CN=C(NCc1nnc2n1CCCC2)NC1CCCC1.I. The average molecular weight is 404 g/mol. The molecule has 1 aromatic heterocycles. The van der Waals surface area contributed by atoms with Crippen LogP contribution in [0.2, 0.25) is 0 Å². The van der Waals surface area contributed by atoms with Gasteiger partial charge in [0.15, 0.2) is 11.8 Å². The number of fused-ring (bicyclic) bond motifs is 1. The topological polar surface area (TPSA) is 67.1 Å². The van der Waals surface area contributed by atoms with Crippen LogP contribution >= 0.6 is 24.0 Å². The van der Waals surface area contributed by atoms with Gasteiger partial charge in [-0.25, -0.2) is 0 Å². The number of nitrogens with one attached hydrogen (secondary N) is 2. The Kier molecular flexibility index (Phi) is 6.25. The maximum Gasteiger partial charge on any atom is 0.191 e. The number of guanidine groups is 1. The van der Waals surface area contributed by atoms with E-state index in [0.29, 0.717) is 12.6 Å². The maximum absolute atomic E-state index is 4.30. The van der Waals surface area contributed by atoms with E-state index in [1.807, 2.05) is 7.05 Å². The summed E-state index contributed by atoms with van der Waals surface area (Å²) in [5.74, 6) is 3.03. The van der Waals surface area contributed by atoms with Gasteiger partial charge in [-0.15, -0.1) is 34.2 Å². The third-order valence-electron chi connectivity index (χ3n) is 4.27. The predicted octanol–water partition coefficient (Wildman–Crippen LogP) is 1.84. The molecular formula is C14H25IN6. The lowest BCUT2D eigenvalue weighted by Crippen LogP contribution is -2.42. The van der Waals surface area contributed by atoms with Crippen molar-refractivity contribution in [2.45, 2.75) is 64.1 Å². The normalized spacial score (nSPS) is 19.0. The minimum absolute atomic E-state index is 0. The van der Waals surface area contributed by atoms with Gasteiger partial charge in [0.2, 0.25) is 0 Å². The predicted molar refractivity (Wildman–Crippen MR) is 94.0 cm³/mol. The number of hydrogen-bond acceptors (Lipinski definition) is 3. The van der Waals surface area contributed by atoms with Gasteiger partial charge in [0.05, 0.1) is 6.54 Å². The third-order valence-corrected chi connectivity index (χ3v) is 4.27. The number of aromatic nitrogens is 3. The molecule has 2 aliphatic rings. The van der Waals surface area contributed by atoms with Crippen molar-refractivity contribution in [3.05, 3.63) is 11.6 Å². The minimum atomic E-state index is 0. The van der Waals surface area contributed by atoms with Crippen molar-refractivity contribution in [2.24, 2.45) is 4.99 Å². The van der Waals surface area contributed by atoms with Crippen molar-refractivity contribution in [3.8, 4) is 0 Å². The molecular weight excluding hydrogens is 379 g/mol. The number of aliphatic imine (C=N–C) groups is 1. The van der Waals surface area contributed by atoms with E-state index in [-0.39, 0.29) is 24.0 Å². The summed E-state index contributed by atoms with van der Waals surface area (Å²) in [5, 5.41) is 15.4. The van der Waals surface area contributed by atoms with Crippen LogP contribution in [0.4, 0.5) is 0 Å². The molecule has 118 valence electrons. The Morgan fingerprint density at radius 1 is 1.24 bits per heavy atom. The van der Waals surface area contributed by atoms with Gasteiger partial charge in [-0.1, -0.05) is 12.8 Å². The number of hydrogen-bond donors (Lipinski definition) is 2.